The van der Waals surface area contributed by atoms with Gasteiger partial charge in [-0.05, 0) is 63.4 Å². The summed E-state index contributed by atoms with van der Waals surface area (Å²) < 4.78 is 149. The van der Waals surface area contributed by atoms with Crippen molar-refractivity contribution in [1.29, 1.82) is 0 Å². The summed E-state index contributed by atoms with van der Waals surface area (Å²) in [5.41, 5.74) is -12.0. The van der Waals surface area contributed by atoms with Crippen molar-refractivity contribution < 1.29 is 66.8 Å². The number of carbonyl (C=O) groups excluding carboxylic acids is 2. The van der Waals surface area contributed by atoms with E-state index in [4.69, 9.17) is 9.47 Å². The number of alkyl carbamates (subject to hydrolysis) is 1. The Labute approximate surface area is 241 Å². The zero-order valence-electron chi connectivity index (χ0n) is 23.3. The molecule has 17 heteroatoms. The lowest BCUT2D eigenvalue weighted by Crippen LogP contribution is -2.36. The van der Waals surface area contributed by atoms with Crippen molar-refractivity contribution in [3.63, 3.8) is 0 Å². The number of hydrogen-bond acceptors (Lipinski definition) is 7. The third-order valence-corrected chi connectivity index (χ3v) is 6.42. The molecule has 1 N–H and O–H groups in total. The topological polar surface area (TPSA) is 108 Å². The first kappa shape index (κ1) is 35.6. The van der Waals surface area contributed by atoms with Gasteiger partial charge in [0.2, 0.25) is 0 Å². The molecule has 2 aromatic carbocycles. The monoisotopic (exact) mass is 649 g/mol. The molecule has 0 bridgehead atoms. The van der Waals surface area contributed by atoms with Gasteiger partial charge in [0, 0.05) is 17.2 Å². The molecule has 2 aromatic rings. The highest BCUT2D eigenvalue weighted by Gasteiger charge is 2.49. The van der Waals surface area contributed by atoms with Crippen LogP contribution in [-0.2, 0) is 37.0 Å². The fraction of sp³-hybridized carbons (Fsp3) is 0.462. The quantitative estimate of drug-likeness (QED) is 0.135. The van der Waals surface area contributed by atoms with Crippen molar-refractivity contribution >= 4 is 22.2 Å². The van der Waals surface area contributed by atoms with Gasteiger partial charge in [-0.15, -0.1) is 0 Å². The molecule has 0 fully saturated rings. The molecular weight excluding hydrogens is 622 g/mol. The number of alkyl halides is 6. The molecule has 0 unspecified atom stereocenters. The van der Waals surface area contributed by atoms with Crippen LogP contribution in [0.4, 0.5) is 39.9 Å². The molecule has 0 radical (unpaired) electrons. The molecule has 0 saturated heterocycles. The van der Waals surface area contributed by atoms with Crippen LogP contribution in [0.25, 0.3) is 11.1 Å². The number of amides is 1. The number of esters is 1. The van der Waals surface area contributed by atoms with Gasteiger partial charge in [-0.25, -0.2) is 13.6 Å². The van der Waals surface area contributed by atoms with E-state index in [-0.39, 0.29) is 30.7 Å². The highest BCUT2D eigenvalue weighted by molar-refractivity contribution is 7.88. The minimum absolute atomic E-state index is 0.146. The zero-order valence-corrected chi connectivity index (χ0v) is 24.1. The van der Waals surface area contributed by atoms with Crippen LogP contribution in [0.5, 0.6) is 5.75 Å². The molecule has 0 aromatic heterocycles. The molecule has 0 aliphatic carbocycles. The first-order chi connectivity index (χ1) is 19.5. The second-order valence-corrected chi connectivity index (χ2v) is 11.4. The third kappa shape index (κ3) is 9.18. The first-order valence-electron chi connectivity index (χ1n) is 12.4. The standard InChI is InChI=1S/C26H27F8NO7S/c1-6-13-8-15(27)11-19(42-43(38,39)26(32,33)34)21(13)14-9-16(22(28)17(10-14)25(29,30)31)18(12-20(36)40-7-2)35-23(37)41-24(3,4)5/h8-11,18H,6-7,12H2,1-5H3,(H,35,37)/t18-/m0/s1. The summed E-state index contributed by atoms with van der Waals surface area (Å²) in [6, 6.07) is -0.223. The Balaban J connectivity index is 2.96. The summed E-state index contributed by atoms with van der Waals surface area (Å²) in [6.07, 6.45) is -7.94. The maximum Gasteiger partial charge on any atom is 0.534 e. The zero-order chi connectivity index (χ0) is 33.1. The van der Waals surface area contributed by atoms with E-state index >= 15 is 4.39 Å². The molecule has 1 amide bonds. The van der Waals surface area contributed by atoms with Crippen LogP contribution in [0.15, 0.2) is 24.3 Å². The van der Waals surface area contributed by atoms with Crippen molar-refractivity contribution in [2.45, 2.75) is 70.8 Å². The number of benzene rings is 2. The van der Waals surface area contributed by atoms with Gasteiger partial charge in [-0.2, -0.15) is 34.8 Å². The predicted molar refractivity (Wildman–Crippen MR) is 135 cm³/mol. The first-order valence-corrected chi connectivity index (χ1v) is 13.8. The number of aryl methyl sites for hydroxylation is 1. The van der Waals surface area contributed by atoms with Gasteiger partial charge in [0.05, 0.1) is 24.6 Å². The Morgan fingerprint density at radius 3 is 2.05 bits per heavy atom. The third-order valence-electron chi connectivity index (χ3n) is 5.45. The Hall–Kier alpha value is -3.63. The van der Waals surface area contributed by atoms with E-state index < -0.39 is 91.6 Å². The lowest BCUT2D eigenvalue weighted by atomic mass is 9.90. The Kier molecular flexibility index (Phi) is 10.7. The van der Waals surface area contributed by atoms with E-state index in [1.165, 1.54) is 34.6 Å². The second kappa shape index (κ2) is 12.9. The Morgan fingerprint density at radius 2 is 1.56 bits per heavy atom. The molecule has 0 aliphatic rings. The molecule has 8 nitrogen and oxygen atoms in total. The summed E-state index contributed by atoms with van der Waals surface area (Å²) in [7, 11) is -6.45. The van der Waals surface area contributed by atoms with Gasteiger partial charge in [0.25, 0.3) is 0 Å². The van der Waals surface area contributed by atoms with E-state index in [0.29, 0.717) is 12.1 Å². The van der Waals surface area contributed by atoms with Gasteiger partial charge < -0.3 is 19.0 Å². The van der Waals surface area contributed by atoms with Crippen molar-refractivity contribution in [2.75, 3.05) is 6.61 Å². The Morgan fingerprint density at radius 1 is 0.953 bits per heavy atom. The largest absolute Gasteiger partial charge is 0.534 e. The van der Waals surface area contributed by atoms with Crippen LogP contribution in [0.2, 0.25) is 0 Å². The average Bonchev–Trinajstić information content (AvgIpc) is 2.81. The summed E-state index contributed by atoms with van der Waals surface area (Å²) in [6.45, 7) is 6.84. The molecule has 0 heterocycles. The minimum atomic E-state index is -6.45. The average molecular weight is 650 g/mol. The number of halogens is 8. The molecule has 0 aliphatic heterocycles. The number of ether oxygens (including phenoxy) is 2. The van der Waals surface area contributed by atoms with E-state index in [1.807, 2.05) is 0 Å². The van der Waals surface area contributed by atoms with E-state index in [9.17, 15) is 48.7 Å². The van der Waals surface area contributed by atoms with E-state index in [1.54, 1.807) is 0 Å². The summed E-state index contributed by atoms with van der Waals surface area (Å²) in [4.78, 5) is 24.8. The number of carbonyl (C=O) groups is 2. The maximum atomic E-state index is 15.5. The van der Waals surface area contributed by atoms with Crippen molar-refractivity contribution in [3.8, 4) is 16.9 Å². The van der Waals surface area contributed by atoms with Crippen LogP contribution < -0.4 is 9.50 Å². The smallest absolute Gasteiger partial charge is 0.466 e. The van der Waals surface area contributed by atoms with E-state index in [2.05, 4.69) is 9.50 Å². The molecule has 2 rings (SSSR count). The van der Waals surface area contributed by atoms with Crippen LogP contribution in [-0.4, -0.2) is 38.2 Å². The van der Waals surface area contributed by atoms with Gasteiger partial charge in [0.15, 0.2) is 5.75 Å². The van der Waals surface area contributed by atoms with Crippen LogP contribution in [0.3, 0.4) is 0 Å². The van der Waals surface area contributed by atoms with Gasteiger partial charge in [-0.3, -0.25) is 4.79 Å². The SMILES string of the molecule is CCOC(=O)C[C@H](NC(=O)OC(C)(C)C)c1cc(-c2c(CC)cc(F)cc2OS(=O)(=O)C(F)(F)F)cc(C(F)(F)F)c1F. The van der Waals surface area contributed by atoms with Gasteiger partial charge in [-0.1, -0.05) is 6.92 Å². The number of nitrogens with one attached hydrogen (secondary N) is 1. The van der Waals surface area contributed by atoms with Crippen molar-refractivity contribution in [1.82, 2.24) is 5.32 Å². The molecule has 1 atom stereocenters. The van der Waals surface area contributed by atoms with Crippen molar-refractivity contribution in [2.24, 2.45) is 0 Å². The lowest BCUT2D eigenvalue weighted by Gasteiger charge is -2.25. The fourth-order valence-corrected chi connectivity index (χ4v) is 4.26. The summed E-state index contributed by atoms with van der Waals surface area (Å²) in [5, 5.41) is 2.08. The predicted octanol–water partition coefficient (Wildman–Crippen LogP) is 6.96. The second-order valence-electron chi connectivity index (χ2n) is 9.91. The van der Waals surface area contributed by atoms with Gasteiger partial charge in [0.1, 0.15) is 17.2 Å². The molecule has 240 valence electrons. The highest BCUT2D eigenvalue weighted by Crippen LogP contribution is 2.43. The van der Waals surface area contributed by atoms with Gasteiger partial charge >= 0.3 is 33.9 Å². The summed E-state index contributed by atoms with van der Waals surface area (Å²) >= 11 is 0. The molecule has 0 saturated carbocycles. The normalized spacial score (nSPS) is 13.3. The Bertz CT molecular complexity index is 1470. The highest BCUT2D eigenvalue weighted by atomic mass is 32.2. The minimum Gasteiger partial charge on any atom is -0.466 e. The lowest BCUT2D eigenvalue weighted by molar-refractivity contribution is -0.143. The molecule has 43 heavy (non-hydrogen) atoms. The fourth-order valence-electron chi connectivity index (χ4n) is 3.80. The van der Waals surface area contributed by atoms with Crippen molar-refractivity contribution in [3.05, 3.63) is 52.6 Å². The number of rotatable bonds is 9. The van der Waals surface area contributed by atoms with Crippen LogP contribution in [0, 0.1) is 11.6 Å². The molecular formula is C26H27F8NO7S. The maximum absolute atomic E-state index is 15.5. The van der Waals surface area contributed by atoms with E-state index in [0.717, 1.165) is 0 Å². The van der Waals surface area contributed by atoms with Crippen LogP contribution >= 0.6 is 0 Å². The number of hydrogen-bond donors (Lipinski definition) is 1. The van der Waals surface area contributed by atoms with Crippen LogP contribution in [0.1, 0.15) is 63.8 Å². The summed E-state index contributed by atoms with van der Waals surface area (Å²) in [5.74, 6) is -5.70. The molecule has 0 spiro atoms.